The molecule has 2 aromatic rings. The van der Waals surface area contributed by atoms with Crippen LogP contribution in [0.2, 0.25) is 0 Å². The van der Waals surface area contributed by atoms with Gasteiger partial charge >= 0.3 is 5.97 Å². The van der Waals surface area contributed by atoms with Crippen molar-refractivity contribution < 1.29 is 28.9 Å². The second-order valence-electron chi connectivity index (χ2n) is 8.69. The SMILES string of the molecule is COC(=O)C1(O)C(N(C)C)=CC2=C(c3ccccc3CCC2=O)N1Cc1ccc(OC)cc1OC. The van der Waals surface area contributed by atoms with E-state index in [2.05, 4.69) is 0 Å². The summed E-state index contributed by atoms with van der Waals surface area (Å²) in [6, 6.07) is 13.0. The van der Waals surface area contributed by atoms with Gasteiger partial charge in [-0.1, -0.05) is 24.3 Å². The Morgan fingerprint density at radius 3 is 2.49 bits per heavy atom. The first-order valence-corrected chi connectivity index (χ1v) is 11.3. The lowest BCUT2D eigenvalue weighted by Crippen LogP contribution is -2.59. The third kappa shape index (κ3) is 4.04. The Morgan fingerprint density at radius 1 is 1.09 bits per heavy atom. The van der Waals surface area contributed by atoms with Gasteiger partial charge in [0.25, 0.3) is 5.72 Å². The van der Waals surface area contributed by atoms with Gasteiger partial charge in [-0.3, -0.25) is 4.79 Å². The predicted octanol–water partition coefficient (Wildman–Crippen LogP) is 2.75. The molecule has 0 amide bonds. The summed E-state index contributed by atoms with van der Waals surface area (Å²) in [5, 5.41) is 12.1. The van der Waals surface area contributed by atoms with E-state index in [1.807, 2.05) is 30.3 Å². The number of aryl methyl sites for hydroxylation is 1. The van der Waals surface area contributed by atoms with Crippen LogP contribution in [0.4, 0.5) is 0 Å². The van der Waals surface area contributed by atoms with Crippen LogP contribution in [0.1, 0.15) is 23.1 Å². The quantitative estimate of drug-likeness (QED) is 0.635. The van der Waals surface area contributed by atoms with E-state index in [1.54, 1.807) is 56.3 Å². The predicted molar refractivity (Wildman–Crippen MR) is 131 cm³/mol. The van der Waals surface area contributed by atoms with Crippen molar-refractivity contribution in [3.63, 3.8) is 0 Å². The molecule has 1 heterocycles. The van der Waals surface area contributed by atoms with Crippen molar-refractivity contribution in [2.45, 2.75) is 25.1 Å². The maximum atomic E-state index is 13.4. The van der Waals surface area contributed by atoms with Gasteiger partial charge in [0.15, 0.2) is 5.78 Å². The van der Waals surface area contributed by atoms with Crippen LogP contribution < -0.4 is 9.47 Å². The van der Waals surface area contributed by atoms with Gasteiger partial charge in [-0.2, -0.15) is 0 Å². The molecule has 0 aromatic heterocycles. The van der Waals surface area contributed by atoms with Crippen LogP contribution in [0.25, 0.3) is 5.70 Å². The zero-order valence-corrected chi connectivity index (χ0v) is 20.6. The third-order valence-electron chi connectivity index (χ3n) is 6.52. The van der Waals surface area contributed by atoms with Gasteiger partial charge in [0.1, 0.15) is 11.5 Å². The average molecular weight is 479 g/mol. The zero-order chi connectivity index (χ0) is 25.3. The summed E-state index contributed by atoms with van der Waals surface area (Å²) in [5.41, 5.74) is 1.42. The number of esters is 1. The third-order valence-corrected chi connectivity index (χ3v) is 6.52. The lowest BCUT2D eigenvalue weighted by Gasteiger charge is -2.46. The topological polar surface area (TPSA) is 88.5 Å². The second kappa shape index (κ2) is 9.46. The molecule has 0 bridgehead atoms. The number of fused-ring (bicyclic) bond motifs is 2. The van der Waals surface area contributed by atoms with E-state index in [4.69, 9.17) is 14.2 Å². The number of likely N-dealkylation sites (N-methyl/N-ethyl adjacent to an activating group) is 1. The minimum absolute atomic E-state index is 0.0599. The van der Waals surface area contributed by atoms with Crippen LogP contribution in [-0.2, 0) is 27.3 Å². The highest BCUT2D eigenvalue weighted by Crippen LogP contribution is 2.44. The van der Waals surface area contributed by atoms with Crippen molar-refractivity contribution in [2.75, 3.05) is 35.4 Å². The first kappa shape index (κ1) is 24.3. The largest absolute Gasteiger partial charge is 0.497 e. The average Bonchev–Trinajstić information content (AvgIpc) is 3.01. The molecule has 0 radical (unpaired) electrons. The van der Waals surface area contributed by atoms with E-state index in [1.165, 1.54) is 7.11 Å². The standard InChI is InChI=1S/C27H30N2O6/c1-28(2)24-15-21-22(30)13-11-17-8-6-7-9-20(17)25(21)29(27(24,32)26(31)35-5)16-18-10-12-19(33-3)14-23(18)34-4/h6-10,12,14-15,32H,11,13,16H2,1-5H3. The van der Waals surface area contributed by atoms with Crippen molar-refractivity contribution in [3.05, 3.63) is 76.5 Å². The zero-order valence-electron chi connectivity index (χ0n) is 20.6. The number of hydrogen-bond acceptors (Lipinski definition) is 8. The van der Waals surface area contributed by atoms with Gasteiger partial charge in [-0.25, -0.2) is 4.79 Å². The number of aliphatic hydroxyl groups is 1. The fourth-order valence-electron chi connectivity index (χ4n) is 4.75. The molecule has 8 heteroatoms. The van der Waals surface area contributed by atoms with Crippen molar-refractivity contribution in [1.29, 1.82) is 0 Å². The van der Waals surface area contributed by atoms with Crippen LogP contribution in [0.15, 0.2) is 59.8 Å². The monoisotopic (exact) mass is 478 g/mol. The fourth-order valence-corrected chi connectivity index (χ4v) is 4.75. The molecular formula is C27H30N2O6. The van der Waals surface area contributed by atoms with Crippen molar-refractivity contribution in [3.8, 4) is 11.5 Å². The van der Waals surface area contributed by atoms with Crippen LogP contribution in [0.3, 0.4) is 0 Å². The van der Waals surface area contributed by atoms with Crippen LogP contribution in [-0.4, -0.2) is 67.8 Å². The highest BCUT2D eigenvalue weighted by Gasteiger charge is 2.53. The summed E-state index contributed by atoms with van der Waals surface area (Å²) in [4.78, 5) is 29.8. The van der Waals surface area contributed by atoms with Gasteiger partial charge in [-0.05, 0) is 30.2 Å². The number of allylic oxidation sites excluding steroid dienone is 2. The molecule has 1 unspecified atom stereocenters. The molecule has 1 aliphatic carbocycles. The molecule has 0 saturated heterocycles. The van der Waals surface area contributed by atoms with Crippen LogP contribution >= 0.6 is 0 Å². The molecule has 0 saturated carbocycles. The van der Waals surface area contributed by atoms with E-state index in [9.17, 15) is 14.7 Å². The summed E-state index contributed by atoms with van der Waals surface area (Å²) >= 11 is 0. The van der Waals surface area contributed by atoms with Crippen molar-refractivity contribution in [2.24, 2.45) is 0 Å². The lowest BCUT2D eigenvalue weighted by atomic mass is 9.90. The molecule has 4 rings (SSSR count). The van der Waals surface area contributed by atoms with Crippen LogP contribution in [0, 0.1) is 0 Å². The molecule has 35 heavy (non-hydrogen) atoms. The molecule has 1 aliphatic heterocycles. The minimum atomic E-state index is -2.19. The van der Waals surface area contributed by atoms with Crippen molar-refractivity contribution >= 4 is 17.4 Å². The summed E-state index contributed by atoms with van der Waals surface area (Å²) in [5.74, 6) is 0.212. The Hall–Kier alpha value is -3.78. The molecule has 8 nitrogen and oxygen atoms in total. The Morgan fingerprint density at radius 2 is 1.83 bits per heavy atom. The fraction of sp³-hybridized carbons (Fsp3) is 0.333. The smallest absolute Gasteiger partial charge is 0.366 e. The van der Waals surface area contributed by atoms with E-state index >= 15 is 0 Å². The number of nitrogens with zero attached hydrogens (tertiary/aromatic N) is 2. The normalized spacial score (nSPS) is 19.3. The van der Waals surface area contributed by atoms with Gasteiger partial charge in [0.2, 0.25) is 0 Å². The lowest BCUT2D eigenvalue weighted by molar-refractivity contribution is -0.176. The van der Waals surface area contributed by atoms with Gasteiger partial charge in [0.05, 0.1) is 39.3 Å². The van der Waals surface area contributed by atoms with E-state index in [-0.39, 0.29) is 18.0 Å². The number of rotatable bonds is 6. The molecule has 184 valence electrons. The minimum Gasteiger partial charge on any atom is -0.497 e. The first-order chi connectivity index (χ1) is 16.8. The highest BCUT2D eigenvalue weighted by molar-refractivity contribution is 6.08. The molecule has 0 spiro atoms. The molecular weight excluding hydrogens is 448 g/mol. The summed E-state index contributed by atoms with van der Waals surface area (Å²) in [6.45, 7) is 0.0599. The maximum absolute atomic E-state index is 13.4. The van der Waals surface area contributed by atoms with Gasteiger partial charge < -0.3 is 29.1 Å². The van der Waals surface area contributed by atoms with E-state index in [0.29, 0.717) is 41.2 Å². The number of Topliss-reactive ketones (excluding diaryl/α,β-unsaturated/α-hetero) is 1. The molecule has 2 aliphatic rings. The Labute approximate surface area is 205 Å². The molecule has 0 fully saturated rings. The number of methoxy groups -OCH3 is 3. The number of benzene rings is 2. The van der Waals surface area contributed by atoms with Gasteiger partial charge in [0, 0.05) is 43.3 Å². The first-order valence-electron chi connectivity index (χ1n) is 11.3. The Bertz CT molecular complexity index is 1230. The number of carbonyl (C=O) groups excluding carboxylic acids is 2. The Balaban J connectivity index is 2.02. The summed E-state index contributed by atoms with van der Waals surface area (Å²) in [7, 11) is 7.77. The van der Waals surface area contributed by atoms with E-state index < -0.39 is 11.7 Å². The second-order valence-corrected chi connectivity index (χ2v) is 8.69. The van der Waals surface area contributed by atoms with Crippen molar-refractivity contribution in [1.82, 2.24) is 9.80 Å². The van der Waals surface area contributed by atoms with Gasteiger partial charge in [-0.15, -0.1) is 0 Å². The van der Waals surface area contributed by atoms with Crippen LogP contribution in [0.5, 0.6) is 11.5 Å². The maximum Gasteiger partial charge on any atom is 0.366 e. The summed E-state index contributed by atoms with van der Waals surface area (Å²) in [6.07, 6.45) is 2.49. The molecule has 1 atom stereocenters. The number of ether oxygens (including phenoxy) is 3. The number of ketones is 1. The summed E-state index contributed by atoms with van der Waals surface area (Å²) < 4.78 is 16.0. The highest BCUT2D eigenvalue weighted by atomic mass is 16.5. The Kier molecular flexibility index (Phi) is 6.58. The molecule has 2 aromatic carbocycles. The number of hydrogen-bond donors (Lipinski definition) is 1. The molecule has 1 N–H and O–H groups in total. The van der Waals surface area contributed by atoms with E-state index in [0.717, 1.165) is 11.1 Å². The number of carbonyl (C=O) groups is 2.